The number of aromatic nitrogens is 4. The molecule has 0 aliphatic heterocycles. The van der Waals surface area contributed by atoms with E-state index in [4.69, 9.17) is 0 Å². The molecule has 0 fully saturated rings. The third-order valence-corrected chi connectivity index (χ3v) is 3.89. The van der Waals surface area contributed by atoms with E-state index in [0.717, 1.165) is 5.56 Å². The Morgan fingerprint density at radius 2 is 1.81 bits per heavy atom. The summed E-state index contributed by atoms with van der Waals surface area (Å²) in [6.07, 6.45) is 5.05. The number of rotatable bonds is 4. The van der Waals surface area contributed by atoms with Crippen LogP contribution in [0.5, 0.6) is 0 Å². The molecule has 6 nitrogen and oxygen atoms in total. The number of amides is 1. The average Bonchev–Trinajstić information content (AvgIpc) is 3.07. The van der Waals surface area contributed by atoms with Gasteiger partial charge in [-0.3, -0.25) is 9.20 Å². The topological polar surface area (TPSA) is 72.2 Å². The lowest BCUT2D eigenvalue weighted by Gasteiger charge is -2.02. The lowest BCUT2D eigenvalue weighted by molar-refractivity contribution is 0.0947. The van der Waals surface area contributed by atoms with Crippen LogP contribution in [-0.2, 0) is 6.54 Å². The van der Waals surface area contributed by atoms with Gasteiger partial charge in [0, 0.05) is 24.2 Å². The summed E-state index contributed by atoms with van der Waals surface area (Å²) in [5.41, 5.74) is 1.68. The zero-order valence-electron chi connectivity index (χ0n) is 13.6. The van der Waals surface area contributed by atoms with Crippen LogP contribution in [-0.4, -0.2) is 25.3 Å². The minimum atomic E-state index is -0.325. The largest absolute Gasteiger partial charge is 0.343 e. The molecule has 4 rings (SSSR count). The summed E-state index contributed by atoms with van der Waals surface area (Å²) in [5.74, 6) is 0.440. The van der Waals surface area contributed by atoms with Gasteiger partial charge in [-0.1, -0.05) is 6.07 Å². The van der Waals surface area contributed by atoms with Crippen molar-refractivity contribution in [1.82, 2.24) is 24.7 Å². The van der Waals surface area contributed by atoms with Gasteiger partial charge in [-0.2, -0.15) is 0 Å². The van der Waals surface area contributed by atoms with Crippen molar-refractivity contribution in [2.24, 2.45) is 0 Å². The van der Waals surface area contributed by atoms with Crippen LogP contribution in [0.2, 0.25) is 0 Å². The molecule has 0 aliphatic carbocycles. The number of benzene rings is 1. The first-order valence-corrected chi connectivity index (χ1v) is 7.99. The normalized spacial score (nSPS) is 10.8. The lowest BCUT2D eigenvalue weighted by Crippen LogP contribution is -2.24. The van der Waals surface area contributed by atoms with Crippen molar-refractivity contribution >= 4 is 11.4 Å². The molecule has 0 radical (unpaired) electrons. The van der Waals surface area contributed by atoms with Crippen molar-refractivity contribution < 1.29 is 9.18 Å². The van der Waals surface area contributed by atoms with Gasteiger partial charge in [-0.05, 0) is 42.5 Å². The van der Waals surface area contributed by atoms with Crippen LogP contribution in [0.4, 0.5) is 4.39 Å². The van der Waals surface area contributed by atoms with Crippen molar-refractivity contribution in [3.63, 3.8) is 0 Å². The van der Waals surface area contributed by atoms with Crippen LogP contribution >= 0.6 is 0 Å². The van der Waals surface area contributed by atoms with E-state index in [1.165, 1.54) is 12.1 Å². The number of fused-ring (bicyclic) bond motifs is 1. The predicted molar refractivity (Wildman–Crippen MR) is 93.8 cm³/mol. The number of imidazole rings is 1. The van der Waals surface area contributed by atoms with E-state index in [-0.39, 0.29) is 18.3 Å². The Labute approximate surface area is 148 Å². The standard InChI is InChI=1S/C19H14FN5O/c20-14-7-5-13(6-8-14)18-24-17(15-4-1-2-11-25(15)18)19(26)23-12-16-21-9-3-10-22-16/h1-11H,12H2,(H,23,26). The van der Waals surface area contributed by atoms with E-state index < -0.39 is 0 Å². The summed E-state index contributed by atoms with van der Waals surface area (Å²) in [6, 6.07) is 13.2. The van der Waals surface area contributed by atoms with E-state index in [1.54, 1.807) is 35.0 Å². The zero-order chi connectivity index (χ0) is 17.9. The summed E-state index contributed by atoms with van der Waals surface area (Å²) in [6.45, 7) is 0.206. The van der Waals surface area contributed by atoms with Crippen LogP contribution in [0.15, 0.2) is 67.1 Å². The van der Waals surface area contributed by atoms with Crippen LogP contribution in [0.3, 0.4) is 0 Å². The number of carbonyl (C=O) groups is 1. The Morgan fingerprint density at radius 3 is 2.58 bits per heavy atom. The molecule has 1 N–H and O–H groups in total. The van der Waals surface area contributed by atoms with Crippen LogP contribution in [0.1, 0.15) is 16.3 Å². The molecule has 1 amide bonds. The molecule has 0 aliphatic rings. The average molecular weight is 347 g/mol. The fourth-order valence-corrected chi connectivity index (χ4v) is 2.67. The Balaban J connectivity index is 1.69. The van der Waals surface area contributed by atoms with Gasteiger partial charge in [0.25, 0.3) is 5.91 Å². The quantitative estimate of drug-likeness (QED) is 0.616. The minimum absolute atomic E-state index is 0.206. The first-order chi connectivity index (χ1) is 12.7. The highest BCUT2D eigenvalue weighted by Crippen LogP contribution is 2.23. The van der Waals surface area contributed by atoms with Crippen LogP contribution < -0.4 is 5.32 Å². The number of hydrogen-bond acceptors (Lipinski definition) is 4. The maximum absolute atomic E-state index is 13.2. The van der Waals surface area contributed by atoms with E-state index in [2.05, 4.69) is 20.3 Å². The third kappa shape index (κ3) is 3.02. The fourth-order valence-electron chi connectivity index (χ4n) is 2.67. The number of hydrogen-bond donors (Lipinski definition) is 1. The van der Waals surface area contributed by atoms with Gasteiger partial charge in [0.2, 0.25) is 0 Å². The molecular weight excluding hydrogens is 333 g/mol. The molecule has 0 bridgehead atoms. The maximum Gasteiger partial charge on any atom is 0.272 e. The summed E-state index contributed by atoms with van der Waals surface area (Å²) in [7, 11) is 0. The van der Waals surface area contributed by atoms with Gasteiger partial charge in [-0.15, -0.1) is 0 Å². The molecule has 4 aromatic rings. The van der Waals surface area contributed by atoms with Gasteiger partial charge >= 0.3 is 0 Å². The van der Waals surface area contributed by atoms with Gasteiger partial charge in [0.15, 0.2) is 5.69 Å². The van der Waals surface area contributed by atoms with Crippen molar-refractivity contribution in [2.45, 2.75) is 6.54 Å². The summed E-state index contributed by atoms with van der Waals surface area (Å²) >= 11 is 0. The molecular formula is C19H14FN5O. The molecule has 0 saturated heterocycles. The molecule has 0 atom stereocenters. The highest BCUT2D eigenvalue weighted by molar-refractivity contribution is 6.00. The Bertz CT molecular complexity index is 1060. The van der Waals surface area contributed by atoms with E-state index in [1.807, 2.05) is 24.4 Å². The molecule has 26 heavy (non-hydrogen) atoms. The van der Waals surface area contributed by atoms with Gasteiger partial charge in [0.05, 0.1) is 12.1 Å². The SMILES string of the molecule is O=C(NCc1ncccn1)c1nc(-c2ccc(F)cc2)n2ccccc12. The molecule has 0 spiro atoms. The van der Waals surface area contributed by atoms with Crippen molar-refractivity contribution in [3.05, 3.63) is 84.5 Å². The van der Waals surface area contributed by atoms with Gasteiger partial charge < -0.3 is 5.32 Å². The first-order valence-electron chi connectivity index (χ1n) is 7.99. The predicted octanol–water partition coefficient (Wildman–Crippen LogP) is 2.86. The minimum Gasteiger partial charge on any atom is -0.343 e. The van der Waals surface area contributed by atoms with Crippen LogP contribution in [0, 0.1) is 5.82 Å². The molecule has 0 unspecified atom stereocenters. The Hall–Kier alpha value is -3.61. The third-order valence-electron chi connectivity index (χ3n) is 3.89. The molecule has 128 valence electrons. The number of halogens is 1. The number of nitrogens with one attached hydrogen (secondary N) is 1. The fraction of sp³-hybridized carbons (Fsp3) is 0.0526. The van der Waals surface area contributed by atoms with Crippen molar-refractivity contribution in [3.8, 4) is 11.4 Å². The highest BCUT2D eigenvalue weighted by Gasteiger charge is 2.18. The smallest absolute Gasteiger partial charge is 0.272 e. The molecule has 0 saturated carbocycles. The monoisotopic (exact) mass is 347 g/mol. The molecule has 3 aromatic heterocycles. The second kappa shape index (κ2) is 6.72. The van der Waals surface area contributed by atoms with E-state index in [9.17, 15) is 9.18 Å². The zero-order valence-corrected chi connectivity index (χ0v) is 13.6. The number of carbonyl (C=O) groups excluding carboxylic acids is 1. The second-order valence-electron chi connectivity index (χ2n) is 5.59. The van der Waals surface area contributed by atoms with Gasteiger partial charge in [0.1, 0.15) is 17.5 Å². The van der Waals surface area contributed by atoms with Gasteiger partial charge in [-0.25, -0.2) is 19.3 Å². The van der Waals surface area contributed by atoms with E-state index in [0.29, 0.717) is 22.9 Å². The van der Waals surface area contributed by atoms with Crippen molar-refractivity contribution in [1.29, 1.82) is 0 Å². The second-order valence-corrected chi connectivity index (χ2v) is 5.59. The Kier molecular flexibility index (Phi) is 4.10. The van der Waals surface area contributed by atoms with Crippen LogP contribution in [0.25, 0.3) is 16.9 Å². The molecule has 7 heteroatoms. The first kappa shape index (κ1) is 15.9. The highest BCUT2D eigenvalue weighted by atomic mass is 19.1. The molecule has 1 aromatic carbocycles. The number of pyridine rings is 1. The Morgan fingerprint density at radius 1 is 1.04 bits per heavy atom. The summed E-state index contributed by atoms with van der Waals surface area (Å²) in [5, 5.41) is 2.78. The van der Waals surface area contributed by atoms with E-state index >= 15 is 0 Å². The summed E-state index contributed by atoms with van der Waals surface area (Å²) < 4.78 is 15.0. The van der Waals surface area contributed by atoms with Crippen molar-refractivity contribution in [2.75, 3.05) is 0 Å². The maximum atomic E-state index is 13.2. The lowest BCUT2D eigenvalue weighted by atomic mass is 10.2. The number of nitrogens with zero attached hydrogens (tertiary/aromatic N) is 4. The molecule has 3 heterocycles. The summed E-state index contributed by atoms with van der Waals surface area (Å²) in [4.78, 5) is 25.3.